The lowest BCUT2D eigenvalue weighted by Crippen LogP contribution is -2.53. The Balaban J connectivity index is 1.19. The fourth-order valence-corrected chi connectivity index (χ4v) is 5.93. The molecule has 11 nitrogen and oxygen atoms in total. The number of carbonyl (C=O) groups excluding carboxylic acids is 1. The molecule has 0 saturated carbocycles. The molecule has 2 aliphatic heterocycles. The van der Waals surface area contributed by atoms with Gasteiger partial charge in [0.05, 0.1) is 58.7 Å². The zero-order valence-corrected chi connectivity index (χ0v) is 25.6. The third-order valence-electron chi connectivity index (χ3n) is 8.18. The van der Waals surface area contributed by atoms with Crippen LogP contribution in [0.25, 0.3) is 16.8 Å². The number of aryl methyl sites for hydroxylation is 1. The van der Waals surface area contributed by atoms with E-state index >= 15 is 0 Å². The standard InChI is InChI=1S/C32H33ClN8O3/c1-20-5-4-6-25(33)29(20)31(42)39-32(3)7-10-40(11-8-32)28-18-36-26(16-37-28)24-13-23(19-41-30(24)22(14-34)15-38-41)44-21(2)27-17-35-9-12-43-27/h4-6,13,15-16,18-19,35H,7-12,17H2,1-3H3,(H,39,42)/b27-21-. The van der Waals surface area contributed by atoms with Crippen LogP contribution in [-0.4, -0.2) is 63.8 Å². The van der Waals surface area contributed by atoms with Crippen molar-refractivity contribution in [3.8, 4) is 23.1 Å². The van der Waals surface area contributed by atoms with E-state index in [2.05, 4.69) is 33.6 Å². The number of hydrogen-bond donors (Lipinski definition) is 2. The third kappa shape index (κ3) is 5.91. The highest BCUT2D eigenvalue weighted by atomic mass is 35.5. The molecule has 226 valence electrons. The van der Waals surface area contributed by atoms with Gasteiger partial charge in [-0.3, -0.25) is 9.78 Å². The van der Waals surface area contributed by atoms with Gasteiger partial charge in [0, 0.05) is 30.7 Å². The molecule has 2 aliphatic rings. The summed E-state index contributed by atoms with van der Waals surface area (Å²) in [6.45, 7) is 9.19. The van der Waals surface area contributed by atoms with Crippen LogP contribution in [0, 0.1) is 18.3 Å². The molecule has 0 atom stereocenters. The van der Waals surface area contributed by atoms with E-state index in [0.29, 0.717) is 70.7 Å². The number of nitrogens with zero attached hydrogens (tertiary/aromatic N) is 6. The zero-order valence-electron chi connectivity index (χ0n) is 24.9. The molecule has 4 aromatic rings. The molecule has 0 radical (unpaired) electrons. The van der Waals surface area contributed by atoms with Crippen molar-refractivity contribution >= 4 is 28.8 Å². The first-order valence-corrected chi connectivity index (χ1v) is 14.9. The molecule has 2 N–H and O–H groups in total. The normalized spacial score (nSPS) is 17.5. The minimum Gasteiger partial charge on any atom is -0.492 e. The summed E-state index contributed by atoms with van der Waals surface area (Å²) in [4.78, 5) is 24.7. The second-order valence-corrected chi connectivity index (χ2v) is 11.8. The Kier molecular flexibility index (Phi) is 8.12. The smallest absolute Gasteiger partial charge is 0.253 e. The second-order valence-electron chi connectivity index (χ2n) is 11.4. The number of rotatable bonds is 6. The van der Waals surface area contributed by atoms with Crippen molar-refractivity contribution in [1.29, 1.82) is 5.26 Å². The van der Waals surface area contributed by atoms with E-state index in [4.69, 9.17) is 31.0 Å². The van der Waals surface area contributed by atoms with Crippen molar-refractivity contribution in [1.82, 2.24) is 30.2 Å². The van der Waals surface area contributed by atoms with Crippen molar-refractivity contribution in [2.45, 2.75) is 39.2 Å². The number of ether oxygens (including phenoxy) is 2. The van der Waals surface area contributed by atoms with Crippen molar-refractivity contribution in [2.24, 2.45) is 0 Å². The maximum atomic E-state index is 13.1. The van der Waals surface area contributed by atoms with Gasteiger partial charge in [0.15, 0.2) is 0 Å². The Labute approximate surface area is 260 Å². The fraction of sp³-hybridized carbons (Fsp3) is 0.344. The van der Waals surface area contributed by atoms with Crippen LogP contribution >= 0.6 is 11.6 Å². The molecular formula is C32H33ClN8O3. The van der Waals surface area contributed by atoms with E-state index in [9.17, 15) is 10.1 Å². The van der Waals surface area contributed by atoms with Crippen LogP contribution < -0.4 is 20.3 Å². The van der Waals surface area contributed by atoms with Gasteiger partial charge in [0.2, 0.25) is 0 Å². The summed E-state index contributed by atoms with van der Waals surface area (Å²) in [5.41, 5.74) is 3.32. The molecule has 6 rings (SSSR count). The predicted octanol–water partition coefficient (Wildman–Crippen LogP) is 4.64. The molecule has 0 aliphatic carbocycles. The number of piperidine rings is 1. The monoisotopic (exact) mass is 612 g/mol. The Hall–Kier alpha value is -4.66. The highest BCUT2D eigenvalue weighted by Gasteiger charge is 2.33. The van der Waals surface area contributed by atoms with Crippen LogP contribution in [-0.2, 0) is 4.74 Å². The summed E-state index contributed by atoms with van der Waals surface area (Å²) in [6.07, 6.45) is 8.18. The van der Waals surface area contributed by atoms with Crippen LogP contribution in [0.4, 0.5) is 5.82 Å². The number of nitrogens with one attached hydrogen (secondary N) is 2. The Morgan fingerprint density at radius 3 is 2.73 bits per heavy atom. The molecule has 1 amide bonds. The molecule has 12 heteroatoms. The van der Waals surface area contributed by atoms with Gasteiger partial charge in [-0.2, -0.15) is 10.4 Å². The molecule has 0 unspecified atom stereocenters. The van der Waals surface area contributed by atoms with Gasteiger partial charge in [0.25, 0.3) is 5.91 Å². The van der Waals surface area contributed by atoms with Crippen molar-refractivity contribution in [3.05, 3.63) is 82.3 Å². The van der Waals surface area contributed by atoms with Gasteiger partial charge in [-0.25, -0.2) is 9.50 Å². The lowest BCUT2D eigenvalue weighted by molar-refractivity contribution is 0.0891. The predicted molar refractivity (Wildman–Crippen MR) is 167 cm³/mol. The van der Waals surface area contributed by atoms with Gasteiger partial charge in [-0.1, -0.05) is 23.7 Å². The van der Waals surface area contributed by atoms with Gasteiger partial charge in [-0.15, -0.1) is 0 Å². The van der Waals surface area contributed by atoms with Gasteiger partial charge in [-0.05, 0) is 51.3 Å². The van der Waals surface area contributed by atoms with Crippen LogP contribution in [0.2, 0.25) is 5.02 Å². The average Bonchev–Trinajstić information content (AvgIpc) is 3.44. The lowest BCUT2D eigenvalue weighted by Gasteiger charge is -2.40. The van der Waals surface area contributed by atoms with E-state index in [0.717, 1.165) is 36.5 Å². The maximum absolute atomic E-state index is 13.1. The lowest BCUT2D eigenvalue weighted by atomic mass is 9.89. The molecule has 2 saturated heterocycles. The average molecular weight is 613 g/mol. The molecule has 1 aromatic carbocycles. The number of benzene rings is 1. The first-order chi connectivity index (χ1) is 21.2. The quantitative estimate of drug-likeness (QED) is 0.299. The summed E-state index contributed by atoms with van der Waals surface area (Å²) in [5, 5.41) is 21.1. The second kappa shape index (κ2) is 12.1. The molecule has 0 bridgehead atoms. The first-order valence-electron chi connectivity index (χ1n) is 14.5. The van der Waals surface area contributed by atoms with E-state index in [1.807, 2.05) is 32.0 Å². The number of pyridine rings is 1. The minimum atomic E-state index is -0.375. The van der Waals surface area contributed by atoms with Crippen molar-refractivity contribution in [3.63, 3.8) is 0 Å². The number of carbonyl (C=O) groups is 1. The summed E-state index contributed by atoms with van der Waals surface area (Å²) < 4.78 is 13.5. The number of amides is 1. The van der Waals surface area contributed by atoms with Crippen LogP contribution in [0.1, 0.15) is 48.2 Å². The third-order valence-corrected chi connectivity index (χ3v) is 8.50. The summed E-state index contributed by atoms with van der Waals surface area (Å²) >= 11 is 6.33. The van der Waals surface area contributed by atoms with Crippen LogP contribution in [0.3, 0.4) is 0 Å². The number of hydrogen-bond acceptors (Lipinski definition) is 9. The van der Waals surface area contributed by atoms with E-state index in [1.54, 1.807) is 29.2 Å². The topological polar surface area (TPSA) is 130 Å². The van der Waals surface area contributed by atoms with Crippen molar-refractivity contribution < 1.29 is 14.3 Å². The molecule has 3 aromatic heterocycles. The summed E-state index contributed by atoms with van der Waals surface area (Å²) in [6, 6.07) is 9.53. The zero-order chi connectivity index (χ0) is 30.8. The Morgan fingerprint density at radius 1 is 1.23 bits per heavy atom. The SMILES string of the molecule is C/C(Oc1cc(-c2cnc(N3CCC(C)(NC(=O)c4c(C)cccc4Cl)CC3)cn2)c2c(C#N)cnn2c1)=C1\CNCCO1. The number of halogens is 1. The number of fused-ring (bicyclic) bond motifs is 1. The Bertz CT molecular complexity index is 1760. The van der Waals surface area contributed by atoms with Crippen molar-refractivity contribution in [2.75, 3.05) is 37.7 Å². The molecular weight excluding hydrogens is 580 g/mol. The van der Waals surface area contributed by atoms with E-state index in [-0.39, 0.29) is 11.4 Å². The number of aromatic nitrogens is 4. The van der Waals surface area contributed by atoms with Crippen LogP contribution in [0.5, 0.6) is 5.75 Å². The summed E-state index contributed by atoms with van der Waals surface area (Å²) in [5.74, 6) is 2.51. The number of anilines is 1. The van der Waals surface area contributed by atoms with Gasteiger partial charge in [0.1, 0.15) is 35.8 Å². The summed E-state index contributed by atoms with van der Waals surface area (Å²) in [7, 11) is 0. The fourth-order valence-electron chi connectivity index (χ4n) is 5.62. The van der Waals surface area contributed by atoms with E-state index in [1.165, 1.54) is 6.20 Å². The number of nitriles is 1. The minimum absolute atomic E-state index is 0.156. The Morgan fingerprint density at radius 2 is 2.05 bits per heavy atom. The maximum Gasteiger partial charge on any atom is 0.253 e. The number of morpholine rings is 1. The van der Waals surface area contributed by atoms with Crippen LogP contribution in [0.15, 0.2) is 60.6 Å². The molecule has 5 heterocycles. The van der Waals surface area contributed by atoms with E-state index < -0.39 is 0 Å². The van der Waals surface area contributed by atoms with Gasteiger partial charge >= 0.3 is 0 Å². The van der Waals surface area contributed by atoms with Gasteiger partial charge < -0.3 is 25.0 Å². The molecule has 44 heavy (non-hydrogen) atoms. The highest BCUT2D eigenvalue weighted by Crippen LogP contribution is 2.32. The highest BCUT2D eigenvalue weighted by molar-refractivity contribution is 6.34. The molecule has 0 spiro atoms. The first kappa shape index (κ1) is 29.4. The number of allylic oxidation sites excluding steroid dienone is 1. The molecule has 2 fully saturated rings. The largest absolute Gasteiger partial charge is 0.492 e.